The van der Waals surface area contributed by atoms with Crippen molar-refractivity contribution in [3.63, 3.8) is 0 Å². The van der Waals surface area contributed by atoms with E-state index in [1.165, 1.54) is 21.3 Å². The number of halogens is 1. The van der Waals surface area contributed by atoms with Gasteiger partial charge >= 0.3 is 0 Å². The molecule has 1 amide bonds. The van der Waals surface area contributed by atoms with E-state index >= 15 is 0 Å². The van der Waals surface area contributed by atoms with Gasteiger partial charge in [0.1, 0.15) is 5.58 Å². The summed E-state index contributed by atoms with van der Waals surface area (Å²) in [5.41, 5.74) is 0.670. The summed E-state index contributed by atoms with van der Waals surface area (Å²) in [7, 11) is -3.93. The Bertz CT molecular complexity index is 1300. The summed E-state index contributed by atoms with van der Waals surface area (Å²) < 4.78 is 32.9. The smallest absolute Gasteiger partial charge is 0.289 e. The number of amides is 1. The summed E-state index contributed by atoms with van der Waals surface area (Å²) >= 11 is 5.97. The van der Waals surface area contributed by atoms with Crippen LogP contribution in [0.25, 0.3) is 11.0 Å². The molecule has 0 N–H and O–H groups in total. The maximum atomic E-state index is 13.0. The molecule has 0 aliphatic carbocycles. The summed E-state index contributed by atoms with van der Waals surface area (Å²) in [5, 5.41) is 12.3. The van der Waals surface area contributed by atoms with E-state index in [0.717, 1.165) is 6.07 Å². The number of piperazine rings is 1. The minimum Gasteiger partial charge on any atom is -0.451 e. The number of rotatable bonds is 4. The molecule has 2 aromatic carbocycles. The number of nitrogens with zero attached hydrogens (tertiary/aromatic N) is 3. The molecule has 2 heterocycles. The number of aryl methyl sites for hydroxylation is 1. The van der Waals surface area contributed by atoms with Gasteiger partial charge in [0.15, 0.2) is 5.76 Å². The van der Waals surface area contributed by atoms with Crippen molar-refractivity contribution in [2.45, 2.75) is 11.8 Å². The number of nitro groups is 1. The number of benzene rings is 2. The summed E-state index contributed by atoms with van der Waals surface area (Å²) in [5.74, 6) is -0.181. The maximum absolute atomic E-state index is 13.0. The monoisotopic (exact) mass is 463 g/mol. The highest BCUT2D eigenvalue weighted by molar-refractivity contribution is 7.89. The predicted molar refractivity (Wildman–Crippen MR) is 114 cm³/mol. The van der Waals surface area contributed by atoms with E-state index < -0.39 is 14.9 Å². The van der Waals surface area contributed by atoms with Gasteiger partial charge in [-0.2, -0.15) is 4.31 Å². The lowest BCUT2D eigenvalue weighted by Crippen LogP contribution is -2.50. The normalized spacial score (nSPS) is 15.4. The van der Waals surface area contributed by atoms with E-state index in [-0.39, 0.29) is 48.4 Å². The van der Waals surface area contributed by atoms with Crippen LogP contribution in [-0.2, 0) is 10.0 Å². The molecular weight excluding hydrogens is 446 g/mol. The van der Waals surface area contributed by atoms with Gasteiger partial charge in [0.05, 0.1) is 9.82 Å². The average molecular weight is 464 g/mol. The number of hydrogen-bond donors (Lipinski definition) is 0. The summed E-state index contributed by atoms with van der Waals surface area (Å²) in [6.45, 7) is 2.07. The first-order chi connectivity index (χ1) is 14.7. The van der Waals surface area contributed by atoms with Crippen molar-refractivity contribution in [1.82, 2.24) is 9.21 Å². The third-order valence-electron chi connectivity index (χ3n) is 5.22. The van der Waals surface area contributed by atoms with Crippen LogP contribution in [0.1, 0.15) is 16.1 Å². The summed E-state index contributed by atoms with van der Waals surface area (Å²) in [6.07, 6.45) is 0. The molecule has 1 aliphatic heterocycles. The van der Waals surface area contributed by atoms with E-state index in [1.54, 1.807) is 31.2 Å². The second-order valence-corrected chi connectivity index (χ2v) is 9.54. The fourth-order valence-corrected chi connectivity index (χ4v) is 5.37. The van der Waals surface area contributed by atoms with Gasteiger partial charge in [0, 0.05) is 48.7 Å². The first kappa shape index (κ1) is 21.3. The Labute approximate surface area is 183 Å². The first-order valence-electron chi connectivity index (χ1n) is 9.40. The van der Waals surface area contributed by atoms with Gasteiger partial charge in [-0.25, -0.2) is 8.42 Å². The number of carbonyl (C=O) groups is 1. The van der Waals surface area contributed by atoms with Gasteiger partial charge in [0.25, 0.3) is 11.6 Å². The number of sulfonamides is 1. The van der Waals surface area contributed by atoms with Crippen LogP contribution in [0, 0.1) is 17.0 Å². The minimum atomic E-state index is -3.93. The lowest BCUT2D eigenvalue weighted by molar-refractivity contribution is -0.385. The molecule has 0 saturated carbocycles. The van der Waals surface area contributed by atoms with Crippen LogP contribution in [0.2, 0.25) is 5.02 Å². The Morgan fingerprint density at radius 2 is 1.81 bits per heavy atom. The van der Waals surface area contributed by atoms with E-state index in [4.69, 9.17) is 16.0 Å². The minimum absolute atomic E-state index is 0.0717. The van der Waals surface area contributed by atoms with Gasteiger partial charge in [-0.05, 0) is 36.8 Å². The topological polar surface area (TPSA) is 114 Å². The van der Waals surface area contributed by atoms with Crippen LogP contribution in [0.4, 0.5) is 5.69 Å². The molecule has 0 atom stereocenters. The SMILES string of the molecule is Cc1ccc([N+](=O)[O-])cc1S(=O)(=O)N1CCN(C(=O)c2cc3cc(Cl)ccc3o2)CC1. The Balaban J connectivity index is 1.50. The lowest BCUT2D eigenvalue weighted by Gasteiger charge is -2.33. The number of furan rings is 1. The summed E-state index contributed by atoms with van der Waals surface area (Å²) in [4.78, 5) is 24.6. The predicted octanol–water partition coefficient (Wildman–Crippen LogP) is 3.45. The molecule has 1 aliphatic rings. The molecule has 11 heteroatoms. The number of non-ortho nitro benzene ring substituents is 1. The molecule has 0 bridgehead atoms. The van der Waals surface area contributed by atoms with Crippen LogP contribution in [0.5, 0.6) is 0 Å². The number of carbonyl (C=O) groups excluding carboxylic acids is 1. The van der Waals surface area contributed by atoms with Gasteiger partial charge in [0.2, 0.25) is 10.0 Å². The quantitative estimate of drug-likeness (QED) is 0.432. The van der Waals surface area contributed by atoms with Crippen molar-refractivity contribution in [3.05, 3.63) is 68.9 Å². The van der Waals surface area contributed by atoms with Gasteiger partial charge in [-0.15, -0.1) is 0 Å². The zero-order valence-electron chi connectivity index (χ0n) is 16.4. The standard InChI is InChI=1S/C20H18ClN3O6S/c1-13-2-4-16(24(26)27)12-19(13)31(28,29)23-8-6-22(7-9-23)20(25)18-11-14-10-15(21)3-5-17(14)30-18/h2-5,10-12H,6-9H2,1H3. The molecule has 3 aromatic rings. The molecule has 0 unspecified atom stereocenters. The van der Waals surface area contributed by atoms with Crippen LogP contribution < -0.4 is 0 Å². The molecular formula is C20H18ClN3O6S. The Morgan fingerprint density at radius 1 is 1.10 bits per heavy atom. The van der Waals surface area contributed by atoms with Gasteiger partial charge < -0.3 is 9.32 Å². The number of nitro benzene ring substituents is 1. The van der Waals surface area contributed by atoms with Crippen LogP contribution >= 0.6 is 11.6 Å². The van der Waals surface area contributed by atoms with Crippen molar-refractivity contribution in [3.8, 4) is 0 Å². The first-order valence-corrected chi connectivity index (χ1v) is 11.2. The molecule has 1 aromatic heterocycles. The van der Waals surface area contributed by atoms with E-state index in [2.05, 4.69) is 0 Å². The van der Waals surface area contributed by atoms with Gasteiger partial charge in [-0.3, -0.25) is 14.9 Å². The lowest BCUT2D eigenvalue weighted by atomic mass is 10.2. The largest absolute Gasteiger partial charge is 0.451 e. The fraction of sp³-hybridized carbons (Fsp3) is 0.250. The highest BCUT2D eigenvalue weighted by Crippen LogP contribution is 2.27. The molecule has 4 rings (SSSR count). The molecule has 31 heavy (non-hydrogen) atoms. The molecule has 162 valence electrons. The van der Waals surface area contributed by atoms with E-state index in [9.17, 15) is 23.3 Å². The molecule has 0 radical (unpaired) electrons. The third-order valence-corrected chi connectivity index (χ3v) is 7.49. The van der Waals surface area contributed by atoms with Crippen LogP contribution in [0.3, 0.4) is 0 Å². The van der Waals surface area contributed by atoms with Crippen molar-refractivity contribution >= 4 is 44.2 Å². The van der Waals surface area contributed by atoms with Gasteiger partial charge in [-0.1, -0.05) is 17.7 Å². The third kappa shape index (κ3) is 4.01. The fourth-order valence-electron chi connectivity index (χ4n) is 3.53. The zero-order chi connectivity index (χ0) is 22.3. The zero-order valence-corrected chi connectivity index (χ0v) is 18.0. The average Bonchev–Trinajstić information content (AvgIpc) is 3.16. The Kier molecular flexibility index (Phi) is 5.46. The molecule has 1 saturated heterocycles. The van der Waals surface area contributed by atoms with Crippen molar-refractivity contribution in [1.29, 1.82) is 0 Å². The second kappa shape index (κ2) is 7.95. The van der Waals surface area contributed by atoms with Crippen LogP contribution in [-0.4, -0.2) is 54.6 Å². The molecule has 0 spiro atoms. The Morgan fingerprint density at radius 3 is 2.48 bits per heavy atom. The highest BCUT2D eigenvalue weighted by atomic mass is 35.5. The number of fused-ring (bicyclic) bond motifs is 1. The maximum Gasteiger partial charge on any atom is 0.289 e. The van der Waals surface area contributed by atoms with Crippen molar-refractivity contribution in [2.75, 3.05) is 26.2 Å². The highest BCUT2D eigenvalue weighted by Gasteiger charge is 2.33. The van der Waals surface area contributed by atoms with Crippen molar-refractivity contribution in [2.24, 2.45) is 0 Å². The van der Waals surface area contributed by atoms with E-state index in [0.29, 0.717) is 21.6 Å². The molecule has 9 nitrogen and oxygen atoms in total. The second-order valence-electron chi connectivity index (χ2n) is 7.20. The Hall–Kier alpha value is -2.95. The van der Waals surface area contributed by atoms with Crippen LogP contribution in [0.15, 0.2) is 51.8 Å². The number of hydrogen-bond acceptors (Lipinski definition) is 6. The summed E-state index contributed by atoms with van der Waals surface area (Å²) in [6, 6.07) is 10.4. The van der Waals surface area contributed by atoms with Crippen molar-refractivity contribution < 1.29 is 22.6 Å². The van der Waals surface area contributed by atoms with E-state index in [1.807, 2.05) is 0 Å². The molecule has 1 fully saturated rings.